The van der Waals surface area contributed by atoms with Crippen molar-refractivity contribution in [3.8, 4) is 0 Å². The van der Waals surface area contributed by atoms with Crippen LogP contribution in [0.1, 0.15) is 36.3 Å². The van der Waals surface area contributed by atoms with E-state index in [-0.39, 0.29) is 12.1 Å². The van der Waals surface area contributed by atoms with Crippen molar-refractivity contribution < 1.29 is 9.15 Å². The number of hydrogen-bond acceptors (Lipinski definition) is 3. The lowest BCUT2D eigenvalue weighted by molar-refractivity contribution is -0.0401. The van der Waals surface area contributed by atoms with Crippen molar-refractivity contribution >= 4 is 5.69 Å². The molecule has 3 heteroatoms. The average Bonchev–Trinajstić information content (AvgIpc) is 3.00. The molecular formula is C16H17NO2. The molecule has 1 saturated heterocycles. The third-order valence-electron chi connectivity index (χ3n) is 4.22. The number of hydrogen-bond donors (Lipinski definition) is 1. The first-order chi connectivity index (χ1) is 9.43. The van der Waals surface area contributed by atoms with Crippen LogP contribution in [0.4, 0.5) is 5.69 Å². The van der Waals surface area contributed by atoms with Crippen molar-refractivity contribution in [3.63, 3.8) is 0 Å². The third-order valence-corrected chi connectivity index (χ3v) is 4.22. The molecule has 3 atom stereocenters. The fraction of sp³-hybridized carbons (Fsp3) is 0.375. The predicted octanol–water partition coefficient (Wildman–Crippen LogP) is 3.91. The third kappa shape index (κ3) is 1.77. The second-order valence-corrected chi connectivity index (χ2v) is 5.32. The monoisotopic (exact) mass is 255 g/mol. The van der Waals surface area contributed by atoms with Crippen LogP contribution in [0.15, 0.2) is 47.1 Å². The highest BCUT2D eigenvalue weighted by molar-refractivity contribution is 5.56. The van der Waals surface area contributed by atoms with Gasteiger partial charge >= 0.3 is 0 Å². The van der Waals surface area contributed by atoms with Crippen LogP contribution in [-0.2, 0) is 4.74 Å². The van der Waals surface area contributed by atoms with Crippen LogP contribution in [0.3, 0.4) is 0 Å². The maximum atomic E-state index is 6.05. The van der Waals surface area contributed by atoms with Crippen LogP contribution in [0, 0.1) is 5.92 Å². The van der Waals surface area contributed by atoms with Gasteiger partial charge in [-0.2, -0.15) is 0 Å². The molecule has 2 aliphatic rings. The number of benzene rings is 1. The zero-order valence-corrected chi connectivity index (χ0v) is 10.7. The van der Waals surface area contributed by atoms with E-state index in [4.69, 9.17) is 9.15 Å². The SMILES string of the molecule is c1coc([C@@H]2Nc3ccccc3[C@@H]3OCCC[C@H]23)c1. The molecule has 0 spiro atoms. The van der Waals surface area contributed by atoms with Crippen molar-refractivity contribution in [3.05, 3.63) is 54.0 Å². The molecule has 2 aromatic rings. The van der Waals surface area contributed by atoms with Crippen LogP contribution in [0.2, 0.25) is 0 Å². The molecule has 0 aliphatic carbocycles. The number of fused-ring (bicyclic) bond motifs is 3. The number of para-hydroxylation sites is 1. The molecule has 0 radical (unpaired) electrons. The molecule has 98 valence electrons. The predicted molar refractivity (Wildman–Crippen MR) is 72.9 cm³/mol. The molecule has 1 aromatic heterocycles. The molecule has 1 fully saturated rings. The molecular weight excluding hydrogens is 238 g/mol. The molecule has 19 heavy (non-hydrogen) atoms. The van der Waals surface area contributed by atoms with Gasteiger partial charge in [0.15, 0.2) is 0 Å². The van der Waals surface area contributed by atoms with Gasteiger partial charge in [0.1, 0.15) is 5.76 Å². The maximum Gasteiger partial charge on any atom is 0.126 e. The molecule has 4 rings (SSSR count). The Kier molecular flexibility index (Phi) is 2.59. The van der Waals surface area contributed by atoms with E-state index in [0.29, 0.717) is 5.92 Å². The number of nitrogens with one attached hydrogen (secondary N) is 1. The number of anilines is 1. The molecule has 0 saturated carbocycles. The Bertz CT molecular complexity index is 564. The highest BCUT2D eigenvalue weighted by Crippen LogP contribution is 2.48. The smallest absolute Gasteiger partial charge is 0.126 e. The normalized spacial score (nSPS) is 29.2. The molecule has 0 amide bonds. The summed E-state index contributed by atoms with van der Waals surface area (Å²) in [5.74, 6) is 1.46. The minimum Gasteiger partial charge on any atom is -0.467 e. The highest BCUT2D eigenvalue weighted by atomic mass is 16.5. The molecule has 2 aliphatic heterocycles. The molecule has 1 N–H and O–H groups in total. The summed E-state index contributed by atoms with van der Waals surface area (Å²) < 4.78 is 11.7. The number of ether oxygens (including phenoxy) is 1. The lowest BCUT2D eigenvalue weighted by Crippen LogP contribution is -2.35. The van der Waals surface area contributed by atoms with Gasteiger partial charge in [0.2, 0.25) is 0 Å². The minimum atomic E-state index is 0.196. The Morgan fingerprint density at radius 1 is 1.11 bits per heavy atom. The summed E-state index contributed by atoms with van der Waals surface area (Å²) in [4.78, 5) is 0. The Morgan fingerprint density at radius 3 is 2.95 bits per heavy atom. The quantitative estimate of drug-likeness (QED) is 0.838. The van der Waals surface area contributed by atoms with Crippen molar-refractivity contribution in [2.45, 2.75) is 25.0 Å². The highest BCUT2D eigenvalue weighted by Gasteiger charge is 2.40. The Balaban J connectivity index is 1.79. The van der Waals surface area contributed by atoms with E-state index in [1.54, 1.807) is 6.26 Å². The maximum absolute atomic E-state index is 6.05. The average molecular weight is 255 g/mol. The van der Waals surface area contributed by atoms with Crippen molar-refractivity contribution in [2.24, 2.45) is 5.92 Å². The van der Waals surface area contributed by atoms with Gasteiger partial charge in [-0.15, -0.1) is 0 Å². The van der Waals surface area contributed by atoms with Crippen molar-refractivity contribution in [1.29, 1.82) is 0 Å². The van der Waals surface area contributed by atoms with Gasteiger partial charge in [-0.05, 0) is 31.0 Å². The lowest BCUT2D eigenvalue weighted by atomic mass is 9.79. The van der Waals surface area contributed by atoms with E-state index in [9.17, 15) is 0 Å². The van der Waals surface area contributed by atoms with Gasteiger partial charge in [-0.25, -0.2) is 0 Å². The summed E-state index contributed by atoms with van der Waals surface area (Å²) in [5, 5.41) is 3.62. The summed E-state index contributed by atoms with van der Waals surface area (Å²) >= 11 is 0. The summed E-state index contributed by atoms with van der Waals surface area (Å²) in [6.45, 7) is 0.861. The summed E-state index contributed by atoms with van der Waals surface area (Å²) in [7, 11) is 0. The van der Waals surface area contributed by atoms with Crippen LogP contribution < -0.4 is 5.32 Å². The molecule has 0 unspecified atom stereocenters. The van der Waals surface area contributed by atoms with Crippen molar-refractivity contribution in [2.75, 3.05) is 11.9 Å². The van der Waals surface area contributed by atoms with E-state index in [1.807, 2.05) is 6.07 Å². The fourth-order valence-corrected chi connectivity index (χ4v) is 3.37. The fourth-order valence-electron chi connectivity index (χ4n) is 3.37. The van der Waals surface area contributed by atoms with E-state index in [0.717, 1.165) is 18.8 Å². The van der Waals surface area contributed by atoms with Crippen LogP contribution in [0.5, 0.6) is 0 Å². The van der Waals surface area contributed by atoms with Gasteiger partial charge < -0.3 is 14.5 Å². The van der Waals surface area contributed by atoms with Crippen LogP contribution in [-0.4, -0.2) is 6.61 Å². The van der Waals surface area contributed by atoms with Gasteiger partial charge in [0.25, 0.3) is 0 Å². The number of rotatable bonds is 1. The second kappa shape index (κ2) is 4.42. The molecule has 0 bridgehead atoms. The van der Waals surface area contributed by atoms with Gasteiger partial charge in [-0.1, -0.05) is 18.2 Å². The number of furan rings is 1. The molecule has 3 heterocycles. The lowest BCUT2D eigenvalue weighted by Gasteiger charge is -2.42. The standard InChI is InChI=1S/C16H17NO2/c1-2-7-13-11(5-1)16-12(6-3-10-19-16)15(17-13)14-8-4-9-18-14/h1-2,4-5,7-9,12,15-17H,3,6,10H2/t12-,15-,16+/m1/s1. The Labute approximate surface area is 112 Å². The second-order valence-electron chi connectivity index (χ2n) is 5.32. The topological polar surface area (TPSA) is 34.4 Å². The van der Waals surface area contributed by atoms with Crippen LogP contribution in [0.25, 0.3) is 0 Å². The summed E-state index contributed by atoms with van der Waals surface area (Å²) in [5.41, 5.74) is 2.46. The van der Waals surface area contributed by atoms with Gasteiger partial charge in [0.05, 0.1) is 18.4 Å². The zero-order valence-electron chi connectivity index (χ0n) is 10.7. The largest absolute Gasteiger partial charge is 0.467 e. The Morgan fingerprint density at radius 2 is 2.05 bits per heavy atom. The van der Waals surface area contributed by atoms with E-state index >= 15 is 0 Å². The van der Waals surface area contributed by atoms with Crippen LogP contribution >= 0.6 is 0 Å². The summed E-state index contributed by atoms with van der Waals surface area (Å²) in [6.07, 6.45) is 4.25. The summed E-state index contributed by atoms with van der Waals surface area (Å²) in [6, 6.07) is 12.7. The zero-order chi connectivity index (χ0) is 12.7. The first-order valence-electron chi connectivity index (χ1n) is 6.94. The minimum absolute atomic E-state index is 0.196. The van der Waals surface area contributed by atoms with E-state index in [2.05, 4.69) is 35.6 Å². The molecule has 1 aromatic carbocycles. The first-order valence-corrected chi connectivity index (χ1v) is 6.94. The van der Waals surface area contributed by atoms with Gasteiger partial charge in [-0.3, -0.25) is 0 Å². The Hall–Kier alpha value is -1.74. The van der Waals surface area contributed by atoms with E-state index < -0.39 is 0 Å². The van der Waals surface area contributed by atoms with E-state index in [1.165, 1.54) is 17.7 Å². The first kappa shape index (κ1) is 11.1. The molecule has 3 nitrogen and oxygen atoms in total. The van der Waals surface area contributed by atoms with Gasteiger partial charge in [0, 0.05) is 23.8 Å². The van der Waals surface area contributed by atoms with Crippen molar-refractivity contribution in [1.82, 2.24) is 0 Å².